The summed E-state index contributed by atoms with van der Waals surface area (Å²) in [7, 11) is 0. The lowest BCUT2D eigenvalue weighted by atomic mass is 10.2. The number of nitrogens with one attached hydrogen (secondary N) is 1. The summed E-state index contributed by atoms with van der Waals surface area (Å²) in [5, 5.41) is 15.2. The summed E-state index contributed by atoms with van der Waals surface area (Å²) in [6, 6.07) is 14.7. The number of para-hydroxylation sites is 1. The van der Waals surface area contributed by atoms with Gasteiger partial charge >= 0.3 is 5.97 Å². The average Bonchev–Trinajstić information content (AvgIpc) is 3.32. The van der Waals surface area contributed by atoms with Crippen molar-refractivity contribution in [3.63, 3.8) is 0 Å². The van der Waals surface area contributed by atoms with Crippen molar-refractivity contribution in [3.05, 3.63) is 66.0 Å². The zero-order valence-electron chi connectivity index (χ0n) is 16.6. The second-order valence-corrected chi connectivity index (χ2v) is 6.61. The molecule has 2 aromatic carbocycles. The topological polar surface area (TPSA) is 104 Å². The lowest BCUT2D eigenvalue weighted by Gasteiger charge is -2.09. The third-order valence-electron chi connectivity index (χ3n) is 4.59. The van der Waals surface area contributed by atoms with Crippen LogP contribution in [0, 0.1) is 6.92 Å². The zero-order chi connectivity index (χ0) is 21.1. The van der Waals surface area contributed by atoms with Crippen LogP contribution in [0.15, 0.2) is 54.7 Å². The Hall–Kier alpha value is -4.01. The van der Waals surface area contributed by atoms with Crippen molar-refractivity contribution in [1.29, 1.82) is 0 Å². The molecule has 30 heavy (non-hydrogen) atoms. The maximum atomic E-state index is 12.5. The third-order valence-corrected chi connectivity index (χ3v) is 4.59. The van der Waals surface area contributed by atoms with Gasteiger partial charge in [-0.25, -0.2) is 14.2 Å². The predicted molar refractivity (Wildman–Crippen MR) is 110 cm³/mol. The fraction of sp³-hybridized carbons (Fsp3) is 0.190. The molecule has 0 fully saturated rings. The van der Waals surface area contributed by atoms with E-state index in [1.54, 1.807) is 41.4 Å². The maximum Gasteiger partial charge on any atom is 0.341 e. The van der Waals surface area contributed by atoms with Gasteiger partial charge in [0.05, 0.1) is 29.7 Å². The standard InChI is InChI=1S/C21H20N6O3/c1-3-30-21(29)17-12-22-27(14(17)2)16-8-6-7-15(11-16)23-20(28)13-26-19-10-5-4-9-18(19)24-25-26/h4-12H,3,13H2,1-2H3,(H,23,28). The van der Waals surface area contributed by atoms with Gasteiger partial charge in [-0.15, -0.1) is 5.10 Å². The summed E-state index contributed by atoms with van der Waals surface area (Å²) in [5.74, 6) is -0.641. The van der Waals surface area contributed by atoms with Crippen LogP contribution in [0.3, 0.4) is 0 Å². The van der Waals surface area contributed by atoms with Crippen molar-refractivity contribution in [1.82, 2.24) is 24.8 Å². The number of benzene rings is 2. The van der Waals surface area contributed by atoms with Crippen molar-refractivity contribution in [2.75, 3.05) is 11.9 Å². The van der Waals surface area contributed by atoms with E-state index in [0.29, 0.717) is 29.2 Å². The van der Waals surface area contributed by atoms with Crippen molar-refractivity contribution < 1.29 is 14.3 Å². The van der Waals surface area contributed by atoms with Crippen LogP contribution in [0.2, 0.25) is 0 Å². The van der Waals surface area contributed by atoms with Crippen LogP contribution in [0.4, 0.5) is 5.69 Å². The Kier molecular flexibility index (Phi) is 5.25. The molecule has 0 atom stereocenters. The van der Waals surface area contributed by atoms with Gasteiger partial charge in [0.15, 0.2) is 0 Å². The number of rotatable bonds is 6. The van der Waals surface area contributed by atoms with Crippen LogP contribution in [0.1, 0.15) is 23.0 Å². The van der Waals surface area contributed by atoms with E-state index >= 15 is 0 Å². The minimum atomic E-state index is -0.411. The van der Waals surface area contributed by atoms with Crippen LogP contribution in [-0.4, -0.2) is 43.3 Å². The lowest BCUT2D eigenvalue weighted by molar-refractivity contribution is -0.116. The maximum absolute atomic E-state index is 12.5. The van der Waals surface area contributed by atoms with Gasteiger partial charge in [-0.3, -0.25) is 4.79 Å². The fourth-order valence-electron chi connectivity index (χ4n) is 3.17. The molecule has 152 valence electrons. The highest BCUT2D eigenvalue weighted by molar-refractivity contribution is 5.92. The number of aromatic nitrogens is 5. The molecular formula is C21H20N6O3. The first-order valence-electron chi connectivity index (χ1n) is 9.47. The van der Waals surface area contributed by atoms with Crippen LogP contribution < -0.4 is 5.32 Å². The number of esters is 1. The predicted octanol–water partition coefficient (Wildman–Crippen LogP) is 2.74. The number of ether oxygens (including phenoxy) is 1. The first-order valence-corrected chi connectivity index (χ1v) is 9.47. The minimum absolute atomic E-state index is 0.0402. The summed E-state index contributed by atoms with van der Waals surface area (Å²) < 4.78 is 8.24. The first kappa shape index (κ1) is 19.3. The Morgan fingerprint density at radius 3 is 2.80 bits per heavy atom. The molecule has 4 rings (SSSR count). The Bertz CT molecular complexity index is 1230. The van der Waals surface area contributed by atoms with E-state index in [9.17, 15) is 9.59 Å². The van der Waals surface area contributed by atoms with E-state index in [1.807, 2.05) is 30.3 Å². The minimum Gasteiger partial charge on any atom is -0.462 e. The van der Waals surface area contributed by atoms with Crippen molar-refractivity contribution >= 4 is 28.6 Å². The fourth-order valence-corrected chi connectivity index (χ4v) is 3.17. The van der Waals surface area contributed by atoms with Gasteiger partial charge in [0.2, 0.25) is 5.91 Å². The number of fused-ring (bicyclic) bond motifs is 1. The number of amides is 1. The summed E-state index contributed by atoms with van der Waals surface area (Å²) in [6.45, 7) is 3.89. The molecule has 0 aliphatic rings. The highest BCUT2D eigenvalue weighted by atomic mass is 16.5. The number of anilines is 1. The molecule has 1 amide bonds. The van der Waals surface area contributed by atoms with E-state index < -0.39 is 5.97 Å². The van der Waals surface area contributed by atoms with Crippen LogP contribution >= 0.6 is 0 Å². The van der Waals surface area contributed by atoms with Crippen LogP contribution in [0.5, 0.6) is 0 Å². The van der Waals surface area contributed by atoms with Crippen molar-refractivity contribution in [2.45, 2.75) is 20.4 Å². The molecular weight excluding hydrogens is 384 g/mol. The summed E-state index contributed by atoms with van der Waals surface area (Å²) in [5.41, 5.74) is 3.91. The smallest absolute Gasteiger partial charge is 0.341 e. The largest absolute Gasteiger partial charge is 0.462 e. The number of hydrogen-bond acceptors (Lipinski definition) is 6. The van der Waals surface area contributed by atoms with Crippen LogP contribution in [0.25, 0.3) is 16.7 Å². The van der Waals surface area contributed by atoms with Gasteiger partial charge in [0.25, 0.3) is 0 Å². The molecule has 0 unspecified atom stereocenters. The van der Waals surface area contributed by atoms with E-state index in [1.165, 1.54) is 6.20 Å². The van der Waals surface area contributed by atoms with E-state index in [-0.39, 0.29) is 12.5 Å². The number of hydrogen-bond donors (Lipinski definition) is 1. The Morgan fingerprint density at radius 2 is 1.97 bits per heavy atom. The van der Waals surface area contributed by atoms with Gasteiger partial charge in [0, 0.05) is 5.69 Å². The number of carbonyl (C=O) groups excluding carboxylic acids is 2. The second kappa shape index (κ2) is 8.16. The quantitative estimate of drug-likeness (QED) is 0.496. The summed E-state index contributed by atoms with van der Waals surface area (Å²) in [6.07, 6.45) is 1.48. The van der Waals surface area contributed by atoms with Gasteiger partial charge < -0.3 is 10.1 Å². The molecule has 0 bridgehead atoms. The summed E-state index contributed by atoms with van der Waals surface area (Å²) >= 11 is 0. The SMILES string of the molecule is CCOC(=O)c1cnn(-c2cccc(NC(=O)Cn3nnc4ccccc43)c2)c1C. The zero-order valence-corrected chi connectivity index (χ0v) is 16.6. The molecule has 0 radical (unpaired) electrons. The monoisotopic (exact) mass is 404 g/mol. The molecule has 9 nitrogen and oxygen atoms in total. The molecule has 0 aliphatic carbocycles. The second-order valence-electron chi connectivity index (χ2n) is 6.61. The molecule has 0 saturated heterocycles. The normalized spacial score (nSPS) is 10.9. The number of carbonyl (C=O) groups is 2. The van der Waals surface area contributed by atoms with Gasteiger partial charge in [-0.2, -0.15) is 5.10 Å². The molecule has 2 aromatic heterocycles. The Balaban J connectivity index is 1.51. The number of nitrogens with zero attached hydrogens (tertiary/aromatic N) is 5. The first-order chi connectivity index (χ1) is 14.6. The summed E-state index contributed by atoms with van der Waals surface area (Å²) in [4.78, 5) is 24.5. The molecule has 0 aliphatic heterocycles. The van der Waals surface area contributed by atoms with Crippen molar-refractivity contribution in [3.8, 4) is 5.69 Å². The third kappa shape index (κ3) is 3.77. The molecule has 0 spiro atoms. The Labute approximate surface area is 172 Å². The molecule has 0 saturated carbocycles. The van der Waals surface area contributed by atoms with Gasteiger partial charge in [-0.1, -0.05) is 23.4 Å². The van der Waals surface area contributed by atoms with E-state index in [4.69, 9.17) is 4.74 Å². The van der Waals surface area contributed by atoms with Gasteiger partial charge in [0.1, 0.15) is 17.6 Å². The highest BCUT2D eigenvalue weighted by Gasteiger charge is 2.16. The average molecular weight is 404 g/mol. The van der Waals surface area contributed by atoms with Crippen LogP contribution in [-0.2, 0) is 16.1 Å². The highest BCUT2D eigenvalue weighted by Crippen LogP contribution is 2.19. The van der Waals surface area contributed by atoms with Crippen molar-refractivity contribution in [2.24, 2.45) is 0 Å². The van der Waals surface area contributed by atoms with E-state index in [0.717, 1.165) is 11.0 Å². The Morgan fingerprint density at radius 1 is 1.13 bits per heavy atom. The molecule has 4 aromatic rings. The van der Waals surface area contributed by atoms with E-state index in [2.05, 4.69) is 20.7 Å². The lowest BCUT2D eigenvalue weighted by Crippen LogP contribution is -2.19. The molecule has 9 heteroatoms. The van der Waals surface area contributed by atoms with Gasteiger partial charge in [-0.05, 0) is 44.2 Å². The molecule has 1 N–H and O–H groups in total. The molecule has 2 heterocycles.